The predicted molar refractivity (Wildman–Crippen MR) is 75.2 cm³/mol. The fourth-order valence-corrected chi connectivity index (χ4v) is 3.31. The highest BCUT2D eigenvalue weighted by Gasteiger charge is 2.21. The molecule has 1 aromatic carbocycles. The van der Waals surface area contributed by atoms with Gasteiger partial charge in [0.25, 0.3) is 0 Å². The van der Waals surface area contributed by atoms with Crippen LogP contribution >= 0.6 is 15.9 Å². The smallest absolute Gasteiger partial charge is 0.0795 e. The third-order valence-corrected chi connectivity index (χ3v) is 4.79. The number of aliphatic hydroxyl groups is 1. The topological polar surface area (TPSA) is 20.2 Å². The van der Waals surface area contributed by atoms with Gasteiger partial charge in [-0.3, -0.25) is 0 Å². The van der Waals surface area contributed by atoms with E-state index in [-0.39, 0.29) is 6.10 Å². The van der Waals surface area contributed by atoms with Crippen LogP contribution in [-0.4, -0.2) is 5.11 Å². The molecule has 1 unspecified atom stereocenters. The number of halogens is 1. The van der Waals surface area contributed by atoms with Crippen molar-refractivity contribution in [1.29, 1.82) is 0 Å². The maximum atomic E-state index is 10.4. The summed E-state index contributed by atoms with van der Waals surface area (Å²) in [5.74, 6) is 0.730. The predicted octanol–water partition coefficient (Wildman–Crippen LogP) is 4.68. The minimum absolute atomic E-state index is 0.287. The van der Waals surface area contributed by atoms with Gasteiger partial charge in [-0.15, -0.1) is 0 Å². The SMILES string of the molecule is Cc1cc(C(O)CC2CCCC2)c(C)cc1Br. The van der Waals surface area contributed by atoms with Crippen LogP contribution in [0.4, 0.5) is 0 Å². The van der Waals surface area contributed by atoms with Crippen molar-refractivity contribution in [3.05, 3.63) is 33.3 Å². The first-order valence-electron chi connectivity index (χ1n) is 6.52. The number of benzene rings is 1. The van der Waals surface area contributed by atoms with Crippen LogP contribution in [0, 0.1) is 19.8 Å². The molecule has 1 saturated carbocycles. The van der Waals surface area contributed by atoms with Gasteiger partial charge in [-0.05, 0) is 48.9 Å². The van der Waals surface area contributed by atoms with Crippen molar-refractivity contribution in [3.63, 3.8) is 0 Å². The van der Waals surface area contributed by atoms with E-state index in [0.717, 1.165) is 22.4 Å². The van der Waals surface area contributed by atoms with E-state index >= 15 is 0 Å². The van der Waals surface area contributed by atoms with Gasteiger partial charge in [-0.2, -0.15) is 0 Å². The molecule has 1 N–H and O–H groups in total. The fourth-order valence-electron chi connectivity index (χ4n) is 2.85. The molecule has 1 atom stereocenters. The summed E-state index contributed by atoms with van der Waals surface area (Å²) in [6.07, 6.45) is 5.93. The number of aryl methyl sites for hydroxylation is 2. The zero-order chi connectivity index (χ0) is 12.4. The molecule has 1 nitrogen and oxygen atoms in total. The van der Waals surface area contributed by atoms with Gasteiger partial charge >= 0.3 is 0 Å². The van der Waals surface area contributed by atoms with E-state index in [2.05, 4.69) is 41.9 Å². The van der Waals surface area contributed by atoms with Gasteiger partial charge in [0.05, 0.1) is 6.10 Å². The Kier molecular flexibility index (Phi) is 4.26. The van der Waals surface area contributed by atoms with Crippen molar-refractivity contribution in [2.24, 2.45) is 5.92 Å². The summed E-state index contributed by atoms with van der Waals surface area (Å²) in [6, 6.07) is 4.24. The Morgan fingerprint density at radius 3 is 2.53 bits per heavy atom. The van der Waals surface area contributed by atoms with Gasteiger partial charge in [0.1, 0.15) is 0 Å². The van der Waals surface area contributed by atoms with Gasteiger partial charge in [0, 0.05) is 4.47 Å². The maximum absolute atomic E-state index is 10.4. The van der Waals surface area contributed by atoms with E-state index in [9.17, 15) is 5.11 Å². The summed E-state index contributed by atoms with van der Waals surface area (Å²) in [5.41, 5.74) is 3.50. The van der Waals surface area contributed by atoms with E-state index in [4.69, 9.17) is 0 Å². The van der Waals surface area contributed by atoms with Crippen LogP contribution in [0.3, 0.4) is 0 Å². The molecule has 17 heavy (non-hydrogen) atoms. The molecule has 2 heteroatoms. The lowest BCUT2D eigenvalue weighted by Crippen LogP contribution is -2.06. The van der Waals surface area contributed by atoms with Crippen molar-refractivity contribution >= 4 is 15.9 Å². The lowest BCUT2D eigenvalue weighted by Gasteiger charge is -2.18. The van der Waals surface area contributed by atoms with E-state index in [1.807, 2.05) is 0 Å². The Bertz CT molecular complexity index is 394. The van der Waals surface area contributed by atoms with Crippen LogP contribution in [-0.2, 0) is 0 Å². The van der Waals surface area contributed by atoms with E-state index < -0.39 is 0 Å². The second-order valence-electron chi connectivity index (χ2n) is 5.36. The zero-order valence-corrected chi connectivity index (χ0v) is 12.3. The van der Waals surface area contributed by atoms with Crippen LogP contribution in [0.25, 0.3) is 0 Å². The number of hydrogen-bond donors (Lipinski definition) is 1. The first-order valence-corrected chi connectivity index (χ1v) is 7.32. The standard InChI is InChI=1S/C15H21BrO/c1-10-8-14(16)11(2)7-13(10)15(17)9-12-5-3-4-6-12/h7-8,12,15,17H,3-6,9H2,1-2H3. The molecule has 2 rings (SSSR count). The second kappa shape index (κ2) is 5.53. The molecule has 1 aliphatic carbocycles. The Morgan fingerprint density at radius 2 is 1.88 bits per heavy atom. The minimum Gasteiger partial charge on any atom is -0.388 e. The average molecular weight is 297 g/mol. The highest BCUT2D eigenvalue weighted by atomic mass is 79.9. The van der Waals surface area contributed by atoms with Crippen molar-refractivity contribution < 1.29 is 5.11 Å². The van der Waals surface area contributed by atoms with Crippen molar-refractivity contribution in [1.82, 2.24) is 0 Å². The fraction of sp³-hybridized carbons (Fsp3) is 0.600. The van der Waals surface area contributed by atoms with Gasteiger partial charge in [-0.1, -0.05) is 47.7 Å². The summed E-state index contributed by atoms with van der Waals surface area (Å²) in [4.78, 5) is 0. The molecule has 0 bridgehead atoms. The number of aliphatic hydroxyl groups excluding tert-OH is 1. The molecule has 0 heterocycles. The summed E-state index contributed by atoms with van der Waals surface area (Å²) < 4.78 is 1.13. The Balaban J connectivity index is 2.12. The van der Waals surface area contributed by atoms with E-state index in [1.165, 1.54) is 36.8 Å². The quantitative estimate of drug-likeness (QED) is 0.859. The lowest BCUT2D eigenvalue weighted by atomic mass is 9.92. The van der Waals surface area contributed by atoms with Gasteiger partial charge in [-0.25, -0.2) is 0 Å². The van der Waals surface area contributed by atoms with Crippen LogP contribution in [0.2, 0.25) is 0 Å². The normalized spacial score (nSPS) is 18.6. The largest absolute Gasteiger partial charge is 0.388 e. The highest BCUT2D eigenvalue weighted by molar-refractivity contribution is 9.10. The molecule has 0 radical (unpaired) electrons. The maximum Gasteiger partial charge on any atom is 0.0795 e. The monoisotopic (exact) mass is 296 g/mol. The van der Waals surface area contributed by atoms with E-state index in [0.29, 0.717) is 0 Å². The highest BCUT2D eigenvalue weighted by Crippen LogP contribution is 2.35. The van der Waals surface area contributed by atoms with Gasteiger partial charge < -0.3 is 5.11 Å². The average Bonchev–Trinajstić information content (AvgIpc) is 2.76. The lowest BCUT2D eigenvalue weighted by molar-refractivity contribution is 0.144. The summed E-state index contributed by atoms with van der Waals surface area (Å²) in [5, 5.41) is 10.4. The first-order chi connectivity index (χ1) is 8.08. The Hall–Kier alpha value is -0.340. The van der Waals surface area contributed by atoms with Crippen molar-refractivity contribution in [2.45, 2.75) is 52.1 Å². The Morgan fingerprint density at radius 1 is 1.24 bits per heavy atom. The van der Waals surface area contributed by atoms with Gasteiger partial charge in [0.15, 0.2) is 0 Å². The molecular weight excluding hydrogens is 276 g/mol. The van der Waals surface area contributed by atoms with Crippen LogP contribution < -0.4 is 0 Å². The zero-order valence-electron chi connectivity index (χ0n) is 10.7. The summed E-state index contributed by atoms with van der Waals surface area (Å²) in [6.45, 7) is 4.16. The molecule has 0 saturated heterocycles. The van der Waals surface area contributed by atoms with Gasteiger partial charge in [0.2, 0.25) is 0 Å². The molecule has 0 aromatic heterocycles. The summed E-state index contributed by atoms with van der Waals surface area (Å²) in [7, 11) is 0. The van der Waals surface area contributed by atoms with Crippen LogP contribution in [0.1, 0.15) is 54.9 Å². The molecule has 1 fully saturated rings. The number of rotatable bonds is 3. The molecule has 1 aromatic rings. The Labute approximate surface area is 112 Å². The van der Waals surface area contributed by atoms with Crippen LogP contribution in [0.5, 0.6) is 0 Å². The third-order valence-electron chi connectivity index (χ3n) is 3.94. The molecule has 0 amide bonds. The van der Waals surface area contributed by atoms with Crippen molar-refractivity contribution in [3.8, 4) is 0 Å². The summed E-state index contributed by atoms with van der Waals surface area (Å²) >= 11 is 3.54. The first kappa shape index (κ1) is 13.1. The molecule has 1 aliphatic rings. The molecule has 94 valence electrons. The number of hydrogen-bond acceptors (Lipinski definition) is 1. The second-order valence-corrected chi connectivity index (χ2v) is 6.21. The van der Waals surface area contributed by atoms with E-state index in [1.54, 1.807) is 0 Å². The van der Waals surface area contributed by atoms with Crippen LogP contribution in [0.15, 0.2) is 16.6 Å². The molecule has 0 aliphatic heterocycles. The minimum atomic E-state index is -0.287. The third kappa shape index (κ3) is 3.11. The molecular formula is C15H21BrO. The van der Waals surface area contributed by atoms with Crippen molar-refractivity contribution in [2.75, 3.05) is 0 Å². The molecule has 0 spiro atoms.